The van der Waals surface area contributed by atoms with Crippen molar-refractivity contribution in [2.75, 3.05) is 18.0 Å². The second-order valence-corrected chi connectivity index (χ2v) is 5.43. The Hall–Kier alpha value is -0.800. The van der Waals surface area contributed by atoms with Crippen molar-refractivity contribution in [2.45, 2.75) is 19.5 Å². The van der Waals surface area contributed by atoms with E-state index in [2.05, 4.69) is 63.9 Å². The van der Waals surface area contributed by atoms with Crippen LogP contribution >= 0.6 is 15.9 Å². The first-order chi connectivity index (χ1) is 7.66. The summed E-state index contributed by atoms with van der Waals surface area (Å²) in [5.41, 5.74) is 2.68. The van der Waals surface area contributed by atoms with Gasteiger partial charge in [0, 0.05) is 35.8 Å². The Morgan fingerprint density at radius 3 is 3.06 bits per heavy atom. The number of benzene rings is 1. The molecule has 0 saturated heterocycles. The highest BCUT2D eigenvalue weighted by Gasteiger charge is 2.18. The quantitative estimate of drug-likeness (QED) is 0.896. The Bertz CT molecular complexity index is 389. The molecule has 0 fully saturated rings. The van der Waals surface area contributed by atoms with E-state index in [9.17, 15) is 0 Å². The Kier molecular flexibility index (Phi) is 3.66. The lowest BCUT2D eigenvalue weighted by atomic mass is 10.1. The molecule has 1 N–H and O–H groups in total. The molecule has 0 saturated carbocycles. The van der Waals surface area contributed by atoms with Gasteiger partial charge in [-0.25, -0.2) is 0 Å². The monoisotopic (exact) mass is 280 g/mol. The van der Waals surface area contributed by atoms with Gasteiger partial charge in [-0.1, -0.05) is 40.7 Å². The third kappa shape index (κ3) is 2.66. The number of fused-ring (bicyclic) bond motifs is 1. The number of anilines is 1. The molecule has 3 heteroatoms. The van der Waals surface area contributed by atoms with Gasteiger partial charge in [-0.2, -0.15) is 0 Å². The minimum absolute atomic E-state index is 0.499. The molecule has 1 aromatic rings. The van der Waals surface area contributed by atoms with Gasteiger partial charge in [-0.05, 0) is 18.6 Å². The molecule has 2 nitrogen and oxygen atoms in total. The average Bonchev–Trinajstić information content (AvgIpc) is 2.39. The maximum absolute atomic E-state index is 3.93. The molecule has 1 unspecified atom stereocenters. The topological polar surface area (TPSA) is 15.3 Å². The number of nitrogens with zero attached hydrogens (tertiary/aromatic N) is 1. The molecule has 1 aromatic carbocycles. The maximum atomic E-state index is 3.93. The number of hydrogen-bond acceptors (Lipinski definition) is 2. The summed E-state index contributed by atoms with van der Waals surface area (Å²) in [5.74, 6) is 0. The summed E-state index contributed by atoms with van der Waals surface area (Å²) in [6.45, 7) is 8.98. The number of nitrogens with one attached hydrogen (secondary N) is 1. The molecule has 86 valence electrons. The van der Waals surface area contributed by atoms with Crippen molar-refractivity contribution in [2.24, 2.45) is 0 Å². The summed E-state index contributed by atoms with van der Waals surface area (Å²) >= 11 is 3.45. The van der Waals surface area contributed by atoms with Crippen LogP contribution in [0.4, 0.5) is 5.69 Å². The van der Waals surface area contributed by atoms with Crippen LogP contribution in [0.25, 0.3) is 0 Å². The highest BCUT2D eigenvalue weighted by atomic mass is 79.9. The van der Waals surface area contributed by atoms with Crippen molar-refractivity contribution in [1.29, 1.82) is 0 Å². The van der Waals surface area contributed by atoms with Crippen molar-refractivity contribution >= 4 is 21.6 Å². The molecular weight excluding hydrogens is 264 g/mol. The van der Waals surface area contributed by atoms with E-state index in [0.717, 1.165) is 24.1 Å². The lowest BCUT2D eigenvalue weighted by Crippen LogP contribution is -2.36. The predicted octanol–water partition coefficient (Wildman–Crippen LogP) is 2.89. The number of halogens is 1. The van der Waals surface area contributed by atoms with Gasteiger partial charge < -0.3 is 10.2 Å². The largest absolute Gasteiger partial charge is 0.365 e. The van der Waals surface area contributed by atoms with E-state index in [1.165, 1.54) is 11.3 Å². The second kappa shape index (κ2) is 5.02. The lowest BCUT2D eigenvalue weighted by molar-refractivity contribution is 0.559. The molecule has 0 spiro atoms. The molecule has 0 radical (unpaired) electrons. The van der Waals surface area contributed by atoms with Crippen molar-refractivity contribution in [1.82, 2.24) is 5.32 Å². The minimum atomic E-state index is 0.499. The van der Waals surface area contributed by atoms with Gasteiger partial charge in [0.05, 0.1) is 0 Å². The molecule has 0 aromatic heterocycles. The van der Waals surface area contributed by atoms with E-state index in [4.69, 9.17) is 0 Å². The van der Waals surface area contributed by atoms with Crippen LogP contribution < -0.4 is 10.2 Å². The van der Waals surface area contributed by atoms with E-state index in [0.29, 0.717) is 6.04 Å². The fraction of sp³-hybridized carbons (Fsp3) is 0.385. The molecule has 2 rings (SSSR count). The van der Waals surface area contributed by atoms with E-state index in [-0.39, 0.29) is 0 Å². The van der Waals surface area contributed by atoms with Crippen LogP contribution in [0, 0.1) is 0 Å². The summed E-state index contributed by atoms with van der Waals surface area (Å²) in [6.07, 6.45) is 0. The zero-order valence-corrected chi connectivity index (χ0v) is 11.1. The molecule has 1 atom stereocenters. The summed E-state index contributed by atoms with van der Waals surface area (Å²) in [4.78, 5) is 2.37. The van der Waals surface area contributed by atoms with Gasteiger partial charge >= 0.3 is 0 Å². The van der Waals surface area contributed by atoms with Crippen LogP contribution in [0.3, 0.4) is 0 Å². The fourth-order valence-corrected chi connectivity index (χ4v) is 2.41. The fourth-order valence-electron chi connectivity index (χ4n) is 2.10. The first kappa shape index (κ1) is 11.7. The van der Waals surface area contributed by atoms with Crippen LogP contribution in [-0.4, -0.2) is 19.1 Å². The van der Waals surface area contributed by atoms with E-state index < -0.39 is 0 Å². The minimum Gasteiger partial charge on any atom is -0.365 e. The van der Waals surface area contributed by atoms with Crippen LogP contribution in [0.5, 0.6) is 0 Å². The molecule has 0 amide bonds. The predicted molar refractivity (Wildman–Crippen MR) is 73.0 cm³/mol. The lowest BCUT2D eigenvalue weighted by Gasteiger charge is -2.26. The highest BCUT2D eigenvalue weighted by Crippen LogP contribution is 2.24. The molecule has 0 bridgehead atoms. The second-order valence-electron chi connectivity index (χ2n) is 4.31. The smallest absolute Gasteiger partial charge is 0.0489 e. The summed E-state index contributed by atoms with van der Waals surface area (Å²) in [5, 5.41) is 3.52. The van der Waals surface area contributed by atoms with Crippen LogP contribution in [0.1, 0.15) is 12.5 Å². The van der Waals surface area contributed by atoms with Gasteiger partial charge in [-0.3, -0.25) is 0 Å². The van der Waals surface area contributed by atoms with E-state index in [1.807, 2.05) is 0 Å². The molecule has 1 heterocycles. The SMILES string of the molecule is C=C(Br)CN1CC(C)NCc2ccccc21. The van der Waals surface area contributed by atoms with Crippen LogP contribution in [0.15, 0.2) is 35.3 Å². The van der Waals surface area contributed by atoms with Gasteiger partial charge in [-0.15, -0.1) is 0 Å². The number of para-hydroxylation sites is 1. The Balaban J connectivity index is 2.31. The van der Waals surface area contributed by atoms with Gasteiger partial charge in [0.25, 0.3) is 0 Å². The standard InChI is InChI=1S/C13H17BrN2/c1-10(14)8-16-9-11(2)15-7-12-5-3-4-6-13(12)16/h3-6,11,15H,1,7-9H2,2H3. The van der Waals surface area contributed by atoms with Crippen molar-refractivity contribution in [3.05, 3.63) is 40.9 Å². The molecule has 1 aliphatic rings. The summed E-state index contributed by atoms with van der Waals surface area (Å²) in [7, 11) is 0. The third-order valence-electron chi connectivity index (χ3n) is 2.83. The van der Waals surface area contributed by atoms with Crippen molar-refractivity contribution in [3.63, 3.8) is 0 Å². The number of rotatable bonds is 2. The molecular formula is C13H17BrN2. The molecule has 0 aliphatic carbocycles. The molecule has 1 aliphatic heterocycles. The number of hydrogen-bond donors (Lipinski definition) is 1. The van der Waals surface area contributed by atoms with Gasteiger partial charge in [0.2, 0.25) is 0 Å². The summed E-state index contributed by atoms with van der Waals surface area (Å²) in [6, 6.07) is 9.06. The van der Waals surface area contributed by atoms with Crippen molar-refractivity contribution in [3.8, 4) is 0 Å². The zero-order valence-electron chi connectivity index (χ0n) is 9.54. The average molecular weight is 281 g/mol. The Labute approximate surface area is 105 Å². The first-order valence-electron chi connectivity index (χ1n) is 5.56. The third-order valence-corrected chi connectivity index (χ3v) is 3.08. The summed E-state index contributed by atoms with van der Waals surface area (Å²) < 4.78 is 1.02. The Morgan fingerprint density at radius 1 is 1.56 bits per heavy atom. The molecule has 16 heavy (non-hydrogen) atoms. The normalized spacial score (nSPS) is 20.1. The van der Waals surface area contributed by atoms with Crippen molar-refractivity contribution < 1.29 is 0 Å². The van der Waals surface area contributed by atoms with Crippen LogP contribution in [-0.2, 0) is 6.54 Å². The van der Waals surface area contributed by atoms with E-state index >= 15 is 0 Å². The van der Waals surface area contributed by atoms with Crippen LogP contribution in [0.2, 0.25) is 0 Å². The highest BCUT2D eigenvalue weighted by molar-refractivity contribution is 9.11. The maximum Gasteiger partial charge on any atom is 0.0489 e. The Morgan fingerprint density at radius 2 is 2.31 bits per heavy atom. The zero-order chi connectivity index (χ0) is 11.5. The van der Waals surface area contributed by atoms with Gasteiger partial charge in [0.15, 0.2) is 0 Å². The van der Waals surface area contributed by atoms with Gasteiger partial charge in [0.1, 0.15) is 0 Å². The first-order valence-corrected chi connectivity index (χ1v) is 6.35. The van der Waals surface area contributed by atoms with E-state index in [1.54, 1.807) is 0 Å².